The van der Waals surface area contributed by atoms with E-state index in [1.165, 1.54) is 18.6 Å². The molecule has 1 aliphatic rings. The normalized spacial score (nSPS) is 18.5. The Kier molecular flexibility index (Phi) is 5.11. The van der Waals surface area contributed by atoms with Crippen molar-refractivity contribution in [2.45, 2.75) is 50.6 Å². The number of ether oxygens (including phenoxy) is 1. The van der Waals surface area contributed by atoms with Gasteiger partial charge in [0.1, 0.15) is 5.75 Å². The number of hydrogen-bond donors (Lipinski definition) is 2. The highest BCUT2D eigenvalue weighted by Gasteiger charge is 2.31. The molecular weight excluding hydrogens is 283 g/mol. The van der Waals surface area contributed by atoms with E-state index in [-0.39, 0.29) is 17.9 Å². The van der Waals surface area contributed by atoms with E-state index in [9.17, 15) is 18.3 Å². The van der Waals surface area contributed by atoms with Crippen LogP contribution >= 0.6 is 0 Å². The second-order valence-corrected chi connectivity index (χ2v) is 5.54. The predicted molar refractivity (Wildman–Crippen MR) is 72.9 cm³/mol. The van der Waals surface area contributed by atoms with Gasteiger partial charge in [0.05, 0.1) is 6.61 Å². The number of aliphatic hydroxyl groups is 1. The summed E-state index contributed by atoms with van der Waals surface area (Å²) < 4.78 is 40.0. The van der Waals surface area contributed by atoms with Gasteiger partial charge in [0.15, 0.2) is 0 Å². The maximum atomic E-state index is 12.1. The molecule has 1 saturated carbocycles. The molecule has 0 radical (unpaired) electrons. The van der Waals surface area contributed by atoms with Crippen LogP contribution in [0, 0.1) is 0 Å². The predicted octanol–water partition coefficient (Wildman–Crippen LogP) is 3.37. The highest BCUT2D eigenvalue weighted by Crippen LogP contribution is 2.28. The van der Waals surface area contributed by atoms with Gasteiger partial charge < -0.3 is 15.2 Å². The third-order valence-corrected chi connectivity index (χ3v) is 3.94. The number of nitrogens with one attached hydrogen (secondary N) is 1. The third kappa shape index (κ3) is 4.89. The molecule has 2 rings (SSSR count). The van der Waals surface area contributed by atoms with Crippen molar-refractivity contribution in [2.24, 2.45) is 0 Å². The summed E-state index contributed by atoms with van der Waals surface area (Å²) in [5.41, 5.74) is 0.613. The smallest absolute Gasteiger partial charge is 0.406 e. The number of benzene rings is 1. The summed E-state index contributed by atoms with van der Waals surface area (Å²) in [6.45, 7) is 0.606. The highest BCUT2D eigenvalue weighted by atomic mass is 19.4. The Morgan fingerprint density at radius 1 is 1.10 bits per heavy atom. The fourth-order valence-electron chi connectivity index (χ4n) is 2.72. The zero-order valence-electron chi connectivity index (χ0n) is 11.7. The van der Waals surface area contributed by atoms with Crippen molar-refractivity contribution >= 4 is 0 Å². The van der Waals surface area contributed by atoms with Gasteiger partial charge in [0.25, 0.3) is 0 Å². The number of aliphatic hydroxyl groups excluding tert-OH is 1. The zero-order chi connectivity index (χ0) is 15.3. The number of hydrogen-bond acceptors (Lipinski definition) is 3. The lowest BCUT2D eigenvalue weighted by molar-refractivity contribution is -0.274. The Labute approximate surface area is 122 Å². The van der Waals surface area contributed by atoms with Crippen LogP contribution in [-0.2, 0) is 6.54 Å². The average Bonchev–Trinajstić information content (AvgIpc) is 2.46. The van der Waals surface area contributed by atoms with Gasteiger partial charge in [-0.05, 0) is 30.5 Å². The summed E-state index contributed by atoms with van der Waals surface area (Å²) in [6.07, 6.45) is 0.561. The molecule has 1 aromatic carbocycles. The van der Waals surface area contributed by atoms with Gasteiger partial charge in [-0.2, -0.15) is 0 Å². The molecule has 0 aromatic heterocycles. The van der Waals surface area contributed by atoms with E-state index in [4.69, 9.17) is 0 Å². The maximum absolute atomic E-state index is 12.1. The zero-order valence-corrected chi connectivity index (χ0v) is 11.7. The Morgan fingerprint density at radius 2 is 1.71 bits per heavy atom. The van der Waals surface area contributed by atoms with Crippen molar-refractivity contribution in [2.75, 3.05) is 6.61 Å². The van der Waals surface area contributed by atoms with Crippen LogP contribution in [0.1, 0.15) is 37.7 Å². The van der Waals surface area contributed by atoms with Gasteiger partial charge in [0.2, 0.25) is 0 Å². The topological polar surface area (TPSA) is 41.5 Å². The van der Waals surface area contributed by atoms with E-state index >= 15 is 0 Å². The molecule has 0 atom stereocenters. The molecule has 0 saturated heterocycles. The first-order valence-corrected chi connectivity index (χ1v) is 7.13. The minimum absolute atomic E-state index is 0.0856. The first kappa shape index (κ1) is 16.1. The van der Waals surface area contributed by atoms with Crippen molar-refractivity contribution in [1.29, 1.82) is 0 Å². The summed E-state index contributed by atoms with van der Waals surface area (Å²) >= 11 is 0. The number of halogens is 3. The SMILES string of the molecule is OCC1(NCc2ccc(OC(F)(F)F)cc2)CCCCC1. The molecule has 118 valence electrons. The minimum Gasteiger partial charge on any atom is -0.406 e. The standard InChI is InChI=1S/C15H20F3NO2/c16-15(17,18)21-13-6-4-12(5-7-13)10-19-14(11-20)8-2-1-3-9-14/h4-7,19-20H,1-3,8-11H2. The molecule has 0 heterocycles. The van der Waals surface area contributed by atoms with E-state index in [0.29, 0.717) is 6.54 Å². The fraction of sp³-hybridized carbons (Fsp3) is 0.600. The van der Waals surface area contributed by atoms with Gasteiger partial charge in [-0.25, -0.2) is 0 Å². The molecule has 0 aliphatic heterocycles. The molecule has 0 spiro atoms. The van der Waals surface area contributed by atoms with Crippen LogP contribution in [0.25, 0.3) is 0 Å². The molecule has 1 aliphatic carbocycles. The lowest BCUT2D eigenvalue weighted by Gasteiger charge is -2.36. The van der Waals surface area contributed by atoms with Crippen LogP contribution in [0.5, 0.6) is 5.75 Å². The monoisotopic (exact) mass is 303 g/mol. The molecule has 21 heavy (non-hydrogen) atoms. The first-order valence-electron chi connectivity index (χ1n) is 7.13. The molecule has 1 aromatic rings. The summed E-state index contributed by atoms with van der Waals surface area (Å²) in [5.74, 6) is -0.221. The molecule has 1 fully saturated rings. The molecule has 0 unspecified atom stereocenters. The third-order valence-electron chi connectivity index (χ3n) is 3.94. The van der Waals surface area contributed by atoms with E-state index in [0.717, 1.165) is 31.2 Å². The highest BCUT2D eigenvalue weighted by molar-refractivity contribution is 5.27. The van der Waals surface area contributed by atoms with Crippen molar-refractivity contribution in [3.05, 3.63) is 29.8 Å². The Bertz CT molecular complexity index is 439. The van der Waals surface area contributed by atoms with E-state index in [1.54, 1.807) is 12.1 Å². The lowest BCUT2D eigenvalue weighted by atomic mass is 9.82. The Morgan fingerprint density at radius 3 is 2.24 bits per heavy atom. The van der Waals surface area contributed by atoms with Crippen molar-refractivity contribution in [1.82, 2.24) is 5.32 Å². The summed E-state index contributed by atoms with van der Waals surface area (Å²) in [4.78, 5) is 0. The quantitative estimate of drug-likeness (QED) is 0.876. The van der Waals surface area contributed by atoms with Crippen molar-refractivity contribution < 1.29 is 23.0 Å². The Balaban J connectivity index is 1.91. The molecule has 6 heteroatoms. The van der Waals surface area contributed by atoms with E-state index in [2.05, 4.69) is 10.1 Å². The Hall–Kier alpha value is -1.27. The maximum Gasteiger partial charge on any atom is 0.573 e. The minimum atomic E-state index is -4.66. The molecular formula is C15H20F3NO2. The fourth-order valence-corrected chi connectivity index (χ4v) is 2.72. The van der Waals surface area contributed by atoms with Crippen molar-refractivity contribution in [3.8, 4) is 5.75 Å². The van der Waals surface area contributed by atoms with Gasteiger partial charge >= 0.3 is 6.36 Å². The second kappa shape index (κ2) is 6.66. The van der Waals surface area contributed by atoms with Crippen molar-refractivity contribution in [3.63, 3.8) is 0 Å². The summed E-state index contributed by atoms with van der Waals surface area (Å²) in [6, 6.07) is 5.80. The largest absolute Gasteiger partial charge is 0.573 e. The van der Waals surface area contributed by atoms with Crippen LogP contribution in [0.4, 0.5) is 13.2 Å². The average molecular weight is 303 g/mol. The number of alkyl halides is 3. The molecule has 0 amide bonds. The molecule has 0 bridgehead atoms. The van der Waals surface area contributed by atoms with Crippen LogP contribution < -0.4 is 10.1 Å². The van der Waals surface area contributed by atoms with Gasteiger partial charge in [-0.1, -0.05) is 31.4 Å². The van der Waals surface area contributed by atoms with Crippen LogP contribution in [0.3, 0.4) is 0 Å². The van der Waals surface area contributed by atoms with E-state index < -0.39 is 6.36 Å². The molecule has 3 nitrogen and oxygen atoms in total. The lowest BCUT2D eigenvalue weighted by Crippen LogP contribution is -2.49. The van der Waals surface area contributed by atoms with Gasteiger partial charge in [0, 0.05) is 12.1 Å². The summed E-state index contributed by atoms with van der Waals surface area (Å²) in [5, 5.41) is 12.9. The second-order valence-electron chi connectivity index (χ2n) is 5.54. The molecule has 2 N–H and O–H groups in total. The van der Waals surface area contributed by atoms with Crippen LogP contribution in [0.15, 0.2) is 24.3 Å². The van der Waals surface area contributed by atoms with E-state index in [1.807, 2.05) is 0 Å². The summed E-state index contributed by atoms with van der Waals surface area (Å²) in [7, 11) is 0. The van der Waals surface area contributed by atoms with Crippen LogP contribution in [0.2, 0.25) is 0 Å². The first-order chi connectivity index (χ1) is 9.92. The van der Waals surface area contributed by atoms with Gasteiger partial charge in [-0.15, -0.1) is 13.2 Å². The number of rotatable bonds is 5. The van der Waals surface area contributed by atoms with Crippen LogP contribution in [-0.4, -0.2) is 23.6 Å². The van der Waals surface area contributed by atoms with Gasteiger partial charge in [-0.3, -0.25) is 0 Å².